The molecule has 0 bridgehead atoms. The summed E-state index contributed by atoms with van der Waals surface area (Å²) in [5.41, 5.74) is 3.45. The molecule has 0 saturated carbocycles. The van der Waals surface area contributed by atoms with Gasteiger partial charge in [0.15, 0.2) is 0 Å². The summed E-state index contributed by atoms with van der Waals surface area (Å²) in [7, 11) is 0. The van der Waals surface area contributed by atoms with E-state index in [1.165, 1.54) is 16.3 Å². The van der Waals surface area contributed by atoms with Crippen molar-refractivity contribution in [2.24, 2.45) is 5.92 Å². The van der Waals surface area contributed by atoms with Crippen LogP contribution < -0.4 is 5.32 Å². The Morgan fingerprint density at radius 1 is 0.917 bits per heavy atom. The molecule has 5 rings (SSSR count). The Balaban J connectivity index is 1.61. The number of halogens is 1. The highest BCUT2D eigenvalue weighted by atomic mass is 19.1. The van der Waals surface area contributed by atoms with E-state index in [1.807, 2.05) is 6.07 Å². The largest absolute Gasteiger partial charge is 0.378 e. The topological polar surface area (TPSA) is 12.0 Å². The molecule has 3 aromatic carbocycles. The highest BCUT2D eigenvalue weighted by Gasteiger charge is 2.37. The van der Waals surface area contributed by atoms with E-state index < -0.39 is 0 Å². The normalized spacial score (nSPS) is 24.5. The zero-order valence-electron chi connectivity index (χ0n) is 13.2. The summed E-state index contributed by atoms with van der Waals surface area (Å²) in [6.45, 7) is 0. The first-order valence-electron chi connectivity index (χ1n) is 8.51. The molecular weight excluding hydrogens is 297 g/mol. The first kappa shape index (κ1) is 13.8. The van der Waals surface area contributed by atoms with Crippen molar-refractivity contribution in [3.8, 4) is 0 Å². The lowest BCUT2D eigenvalue weighted by Gasteiger charge is -2.37. The molecule has 1 N–H and O–H groups in total. The summed E-state index contributed by atoms with van der Waals surface area (Å²) >= 11 is 0. The van der Waals surface area contributed by atoms with Crippen molar-refractivity contribution >= 4 is 16.5 Å². The van der Waals surface area contributed by atoms with Crippen molar-refractivity contribution in [3.05, 3.63) is 89.8 Å². The van der Waals surface area contributed by atoms with Crippen LogP contribution in [0.3, 0.4) is 0 Å². The molecule has 118 valence electrons. The first-order chi connectivity index (χ1) is 11.8. The molecule has 1 aliphatic carbocycles. The number of fused-ring (bicyclic) bond motifs is 4. The lowest BCUT2D eigenvalue weighted by atomic mass is 9.77. The van der Waals surface area contributed by atoms with Crippen molar-refractivity contribution < 1.29 is 4.39 Å². The number of allylic oxidation sites excluding steroid dienone is 2. The number of hydrogen-bond donors (Lipinski definition) is 1. The summed E-state index contributed by atoms with van der Waals surface area (Å²) < 4.78 is 13.7. The zero-order valence-corrected chi connectivity index (χ0v) is 13.2. The smallest absolute Gasteiger partial charge is 0.123 e. The van der Waals surface area contributed by atoms with Gasteiger partial charge in [0.1, 0.15) is 5.82 Å². The van der Waals surface area contributed by atoms with Crippen LogP contribution in [0.2, 0.25) is 0 Å². The van der Waals surface area contributed by atoms with Gasteiger partial charge in [0.05, 0.1) is 6.04 Å². The summed E-state index contributed by atoms with van der Waals surface area (Å²) in [5, 5.41) is 6.20. The van der Waals surface area contributed by atoms with Gasteiger partial charge in [-0.05, 0) is 58.5 Å². The van der Waals surface area contributed by atoms with Crippen LogP contribution in [0, 0.1) is 11.7 Å². The van der Waals surface area contributed by atoms with Gasteiger partial charge < -0.3 is 5.32 Å². The number of anilines is 1. The van der Waals surface area contributed by atoms with Gasteiger partial charge in [0, 0.05) is 11.6 Å². The van der Waals surface area contributed by atoms with Gasteiger partial charge in [0.25, 0.3) is 0 Å². The van der Waals surface area contributed by atoms with E-state index in [0.717, 1.165) is 17.7 Å². The van der Waals surface area contributed by atoms with Crippen LogP contribution in [0.15, 0.2) is 72.8 Å². The van der Waals surface area contributed by atoms with Crippen molar-refractivity contribution in [3.63, 3.8) is 0 Å². The summed E-state index contributed by atoms with van der Waals surface area (Å²) in [6.07, 6.45) is 5.52. The Bertz CT molecular complexity index is 959. The average Bonchev–Trinajstić information content (AvgIpc) is 3.11. The number of hydrogen-bond acceptors (Lipinski definition) is 1. The minimum atomic E-state index is -0.154. The molecule has 24 heavy (non-hydrogen) atoms. The third kappa shape index (κ3) is 2.06. The Morgan fingerprint density at radius 3 is 2.71 bits per heavy atom. The molecule has 1 nitrogen and oxygen atoms in total. The van der Waals surface area contributed by atoms with Gasteiger partial charge in [-0.3, -0.25) is 0 Å². The van der Waals surface area contributed by atoms with Gasteiger partial charge in [-0.25, -0.2) is 4.39 Å². The molecule has 0 fully saturated rings. The van der Waals surface area contributed by atoms with E-state index in [0.29, 0.717) is 11.8 Å². The maximum Gasteiger partial charge on any atom is 0.123 e. The molecule has 0 saturated heterocycles. The van der Waals surface area contributed by atoms with E-state index >= 15 is 0 Å². The van der Waals surface area contributed by atoms with Gasteiger partial charge in [-0.2, -0.15) is 0 Å². The van der Waals surface area contributed by atoms with Gasteiger partial charge >= 0.3 is 0 Å². The van der Waals surface area contributed by atoms with Gasteiger partial charge in [-0.1, -0.05) is 48.6 Å². The van der Waals surface area contributed by atoms with Gasteiger partial charge in [-0.15, -0.1) is 0 Å². The fourth-order valence-corrected chi connectivity index (χ4v) is 4.30. The van der Waals surface area contributed by atoms with Crippen molar-refractivity contribution in [1.82, 2.24) is 0 Å². The number of benzene rings is 3. The SMILES string of the molecule is Fc1ccc2c(c1)C1C=CCC1C(c1ccc3ccccc3c1)N2. The molecule has 0 spiro atoms. The van der Waals surface area contributed by atoms with Gasteiger partial charge in [0.2, 0.25) is 0 Å². The van der Waals surface area contributed by atoms with Crippen molar-refractivity contribution in [1.29, 1.82) is 0 Å². The molecule has 1 heterocycles. The molecule has 3 unspecified atom stereocenters. The zero-order chi connectivity index (χ0) is 16.1. The van der Waals surface area contributed by atoms with Crippen molar-refractivity contribution in [2.75, 3.05) is 5.32 Å². The van der Waals surface area contributed by atoms with E-state index in [4.69, 9.17) is 0 Å². The second-order valence-electron chi connectivity index (χ2n) is 6.81. The highest BCUT2D eigenvalue weighted by Crippen LogP contribution is 2.50. The molecule has 3 aromatic rings. The fourth-order valence-electron chi connectivity index (χ4n) is 4.30. The third-order valence-electron chi connectivity index (χ3n) is 5.46. The van der Waals surface area contributed by atoms with Crippen LogP contribution in [-0.4, -0.2) is 0 Å². The van der Waals surface area contributed by atoms with E-state index in [9.17, 15) is 4.39 Å². The molecule has 3 atom stereocenters. The standard InChI is InChI=1S/C22H18FN/c23-17-10-11-21-20(13-17)18-6-3-7-19(18)22(24-21)16-9-8-14-4-1-2-5-15(14)12-16/h1-6,8-13,18-19,22,24H,7H2. The Morgan fingerprint density at radius 2 is 1.79 bits per heavy atom. The monoisotopic (exact) mass is 315 g/mol. The van der Waals surface area contributed by atoms with E-state index in [1.54, 1.807) is 12.1 Å². The second-order valence-corrected chi connectivity index (χ2v) is 6.81. The van der Waals surface area contributed by atoms with Crippen LogP contribution >= 0.6 is 0 Å². The summed E-state index contributed by atoms with van der Waals surface area (Å²) in [6, 6.07) is 20.5. The summed E-state index contributed by atoms with van der Waals surface area (Å²) in [5.74, 6) is 0.590. The molecule has 2 heteroatoms. The summed E-state index contributed by atoms with van der Waals surface area (Å²) in [4.78, 5) is 0. The Hall–Kier alpha value is -2.61. The molecular formula is C22H18FN. The van der Waals surface area contributed by atoms with E-state index in [-0.39, 0.29) is 11.9 Å². The Labute approximate surface area is 140 Å². The van der Waals surface area contributed by atoms with Crippen LogP contribution in [0.25, 0.3) is 10.8 Å². The predicted molar refractivity (Wildman–Crippen MR) is 96.7 cm³/mol. The second kappa shape index (κ2) is 5.20. The lowest BCUT2D eigenvalue weighted by molar-refractivity contribution is 0.424. The quantitative estimate of drug-likeness (QED) is 0.559. The maximum atomic E-state index is 13.7. The minimum Gasteiger partial charge on any atom is -0.378 e. The van der Waals surface area contributed by atoms with Crippen LogP contribution in [0.4, 0.5) is 10.1 Å². The number of rotatable bonds is 1. The third-order valence-corrected chi connectivity index (χ3v) is 5.46. The van der Waals surface area contributed by atoms with E-state index in [2.05, 4.69) is 59.9 Å². The molecule has 0 amide bonds. The van der Waals surface area contributed by atoms with Crippen LogP contribution in [0.5, 0.6) is 0 Å². The van der Waals surface area contributed by atoms with Crippen molar-refractivity contribution in [2.45, 2.75) is 18.4 Å². The number of nitrogens with one attached hydrogen (secondary N) is 1. The van der Waals surface area contributed by atoms with Crippen LogP contribution in [0.1, 0.15) is 29.5 Å². The first-order valence-corrected chi connectivity index (χ1v) is 8.51. The molecule has 0 aromatic heterocycles. The minimum absolute atomic E-state index is 0.154. The average molecular weight is 315 g/mol. The molecule has 2 aliphatic rings. The fraction of sp³-hybridized carbons (Fsp3) is 0.182. The highest BCUT2D eigenvalue weighted by molar-refractivity contribution is 5.83. The maximum absolute atomic E-state index is 13.7. The lowest BCUT2D eigenvalue weighted by Crippen LogP contribution is -2.29. The molecule has 1 aliphatic heterocycles. The Kier molecular flexibility index (Phi) is 2.99. The molecule has 0 radical (unpaired) electrons. The van der Waals surface area contributed by atoms with Crippen LogP contribution in [-0.2, 0) is 0 Å². The predicted octanol–water partition coefficient (Wildman–Crippen LogP) is 5.81.